The maximum Gasteiger partial charge on any atom is 0.338 e. The number of hydrogen-bond donors (Lipinski definition) is 5. The highest BCUT2D eigenvalue weighted by Gasteiger charge is 2.39. The quantitative estimate of drug-likeness (QED) is 0.364. The fourth-order valence-electron chi connectivity index (χ4n) is 3.94. The van der Waals surface area contributed by atoms with Gasteiger partial charge in [0.2, 0.25) is 0 Å². The van der Waals surface area contributed by atoms with Gasteiger partial charge in [0.1, 0.15) is 30.2 Å². The maximum absolute atomic E-state index is 12.2. The number of rotatable bonds is 7. The van der Waals surface area contributed by atoms with Crippen molar-refractivity contribution in [3.05, 3.63) is 29.3 Å². The summed E-state index contributed by atoms with van der Waals surface area (Å²) in [6, 6.07) is 5.84. The van der Waals surface area contributed by atoms with Gasteiger partial charge >= 0.3 is 5.97 Å². The molecule has 160 valence electrons. The summed E-state index contributed by atoms with van der Waals surface area (Å²) in [5, 5.41) is 47.7. The van der Waals surface area contributed by atoms with E-state index in [9.17, 15) is 25.2 Å². The minimum atomic E-state index is -2.04. The van der Waals surface area contributed by atoms with Crippen LogP contribution in [0.15, 0.2) is 23.2 Å². The number of aliphatic hydroxyl groups is 5. The molecule has 29 heavy (non-hydrogen) atoms. The normalized spacial score (nSPS) is 27.2. The van der Waals surface area contributed by atoms with Gasteiger partial charge in [-0.05, 0) is 42.5 Å². The molecule has 9 heteroatoms. The molecule has 3 unspecified atom stereocenters. The average molecular weight is 409 g/mol. The van der Waals surface area contributed by atoms with Crippen molar-refractivity contribution in [3.8, 4) is 5.75 Å². The summed E-state index contributed by atoms with van der Waals surface area (Å²) in [5.41, 5.74) is 2.04. The molecule has 0 aromatic heterocycles. The van der Waals surface area contributed by atoms with Crippen molar-refractivity contribution in [3.63, 3.8) is 0 Å². The minimum Gasteiger partial charge on any atom is -0.497 e. The molecule has 1 fully saturated rings. The summed E-state index contributed by atoms with van der Waals surface area (Å²) >= 11 is 0. The van der Waals surface area contributed by atoms with Crippen LogP contribution in [0.25, 0.3) is 0 Å². The molecule has 1 aromatic carbocycles. The number of aliphatic hydroxyl groups excluding tert-OH is 5. The molecule has 1 aliphatic carbocycles. The van der Waals surface area contributed by atoms with Crippen LogP contribution in [0.5, 0.6) is 5.75 Å². The lowest BCUT2D eigenvalue weighted by Crippen LogP contribution is -2.49. The monoisotopic (exact) mass is 409 g/mol. The third-order valence-electron chi connectivity index (χ3n) is 5.64. The summed E-state index contributed by atoms with van der Waals surface area (Å²) in [6.45, 7) is -0.823. The van der Waals surface area contributed by atoms with Gasteiger partial charge in [0.15, 0.2) is 6.10 Å². The summed E-state index contributed by atoms with van der Waals surface area (Å²) < 4.78 is 10.6. The predicted octanol–water partition coefficient (Wildman–Crippen LogP) is -0.889. The first-order valence-electron chi connectivity index (χ1n) is 9.60. The van der Waals surface area contributed by atoms with Crippen molar-refractivity contribution in [2.45, 2.75) is 61.7 Å². The largest absolute Gasteiger partial charge is 0.497 e. The highest BCUT2D eigenvalue weighted by molar-refractivity contribution is 5.84. The number of aliphatic imine (C=N–C) groups is 1. The van der Waals surface area contributed by atoms with E-state index in [2.05, 4.69) is 4.99 Å². The summed E-state index contributed by atoms with van der Waals surface area (Å²) in [5.74, 6) is -0.302. The van der Waals surface area contributed by atoms with Gasteiger partial charge in [0.25, 0.3) is 0 Å². The summed E-state index contributed by atoms with van der Waals surface area (Å²) in [6.07, 6.45) is -4.46. The molecule has 0 radical (unpaired) electrons. The molecule has 0 bridgehead atoms. The minimum absolute atomic E-state index is 0.0522. The van der Waals surface area contributed by atoms with E-state index in [-0.39, 0.29) is 12.0 Å². The van der Waals surface area contributed by atoms with Crippen molar-refractivity contribution in [2.24, 2.45) is 4.99 Å². The molecule has 5 N–H and O–H groups in total. The van der Waals surface area contributed by atoms with Crippen LogP contribution >= 0.6 is 0 Å². The number of carbonyl (C=O) groups excluding carboxylic acids is 1. The Morgan fingerprint density at radius 1 is 1.21 bits per heavy atom. The summed E-state index contributed by atoms with van der Waals surface area (Å²) in [7, 11) is 1.59. The molecule has 7 atom stereocenters. The van der Waals surface area contributed by atoms with E-state index in [4.69, 9.17) is 14.6 Å². The van der Waals surface area contributed by atoms with Gasteiger partial charge in [-0.2, -0.15) is 0 Å². The van der Waals surface area contributed by atoms with Gasteiger partial charge in [0, 0.05) is 12.1 Å². The van der Waals surface area contributed by atoms with Gasteiger partial charge in [-0.15, -0.1) is 0 Å². The lowest BCUT2D eigenvalue weighted by atomic mass is 9.76. The third-order valence-corrected chi connectivity index (χ3v) is 5.64. The predicted molar refractivity (Wildman–Crippen MR) is 102 cm³/mol. The van der Waals surface area contributed by atoms with E-state index in [0.29, 0.717) is 19.3 Å². The second-order valence-corrected chi connectivity index (χ2v) is 7.49. The van der Waals surface area contributed by atoms with Crippen LogP contribution in [0, 0.1) is 0 Å². The van der Waals surface area contributed by atoms with Crippen LogP contribution in [-0.4, -0.2) is 88.0 Å². The zero-order valence-electron chi connectivity index (χ0n) is 16.1. The topological polar surface area (TPSA) is 149 Å². The van der Waals surface area contributed by atoms with Gasteiger partial charge in [-0.1, -0.05) is 6.07 Å². The van der Waals surface area contributed by atoms with Crippen molar-refractivity contribution in [2.75, 3.05) is 13.7 Å². The molecular weight excluding hydrogens is 382 g/mol. The molecule has 1 aliphatic heterocycles. The highest BCUT2D eigenvalue weighted by Crippen LogP contribution is 2.40. The Morgan fingerprint density at radius 3 is 2.66 bits per heavy atom. The van der Waals surface area contributed by atoms with Crippen LogP contribution < -0.4 is 4.74 Å². The van der Waals surface area contributed by atoms with Gasteiger partial charge < -0.3 is 35.0 Å². The standard InChI is InChI=1S/C20H27NO8/c1-28-11-2-4-13-10(6-11)8-21-15-5-3-12(7-14(13)15)29-20(27)19(26)18(25)17(24)16(23)9-22/h2,4,6,8,12,14-19,22-26H,3,5,7,9H2,1H3/t12?,14?,15?,16-,17-,18+,19-/m1/s1. The van der Waals surface area contributed by atoms with Crippen molar-refractivity contribution in [1.82, 2.24) is 0 Å². The molecular formula is C20H27NO8. The molecule has 1 heterocycles. The van der Waals surface area contributed by atoms with E-state index in [1.807, 2.05) is 24.4 Å². The lowest BCUT2D eigenvalue weighted by Gasteiger charge is -2.37. The number of esters is 1. The first kappa shape index (κ1) is 21.7. The number of nitrogens with zero attached hydrogens (tertiary/aromatic N) is 1. The molecule has 1 saturated carbocycles. The number of fused-ring (bicyclic) bond motifs is 3. The molecule has 9 nitrogen and oxygen atoms in total. The Hall–Kier alpha value is -2.04. The maximum atomic E-state index is 12.2. The fraction of sp³-hybridized carbons (Fsp3) is 0.600. The summed E-state index contributed by atoms with van der Waals surface area (Å²) in [4.78, 5) is 16.8. The van der Waals surface area contributed by atoms with Gasteiger partial charge in [-0.3, -0.25) is 4.99 Å². The number of carbonyl (C=O) groups is 1. The Labute approximate surface area is 168 Å². The molecule has 0 saturated heterocycles. The molecule has 0 amide bonds. The third kappa shape index (κ3) is 4.59. The number of hydrogen-bond acceptors (Lipinski definition) is 9. The number of methoxy groups -OCH3 is 1. The second kappa shape index (κ2) is 9.19. The number of ether oxygens (including phenoxy) is 2. The first-order chi connectivity index (χ1) is 13.8. The lowest BCUT2D eigenvalue weighted by molar-refractivity contribution is -0.176. The highest BCUT2D eigenvalue weighted by atomic mass is 16.6. The Kier molecular flexibility index (Phi) is 6.86. The van der Waals surface area contributed by atoms with Crippen molar-refractivity contribution >= 4 is 12.2 Å². The second-order valence-electron chi connectivity index (χ2n) is 7.49. The molecule has 2 aliphatic rings. The Bertz CT molecular complexity index is 754. The van der Waals surface area contributed by atoms with Crippen LogP contribution in [0.1, 0.15) is 36.3 Å². The van der Waals surface area contributed by atoms with Crippen LogP contribution in [-0.2, 0) is 9.53 Å². The van der Waals surface area contributed by atoms with E-state index in [1.165, 1.54) is 0 Å². The van der Waals surface area contributed by atoms with E-state index < -0.39 is 43.1 Å². The van der Waals surface area contributed by atoms with Crippen LogP contribution in [0.2, 0.25) is 0 Å². The number of benzene rings is 1. The zero-order valence-corrected chi connectivity index (χ0v) is 16.1. The SMILES string of the molecule is COc1ccc2c(c1)C=NC1CCC(OC(=O)[C@H](O)[C@@H](O)[C@H](O)[C@H](O)CO)CC21. The van der Waals surface area contributed by atoms with Crippen molar-refractivity contribution < 1.29 is 39.8 Å². The van der Waals surface area contributed by atoms with Crippen molar-refractivity contribution in [1.29, 1.82) is 0 Å². The Morgan fingerprint density at radius 2 is 1.97 bits per heavy atom. The van der Waals surface area contributed by atoms with E-state index >= 15 is 0 Å². The smallest absolute Gasteiger partial charge is 0.338 e. The van der Waals surface area contributed by atoms with E-state index in [0.717, 1.165) is 16.9 Å². The molecule has 1 aromatic rings. The fourth-order valence-corrected chi connectivity index (χ4v) is 3.94. The Balaban J connectivity index is 1.64. The zero-order chi connectivity index (χ0) is 21.1. The van der Waals surface area contributed by atoms with Gasteiger partial charge in [-0.25, -0.2) is 4.79 Å². The average Bonchev–Trinajstić information content (AvgIpc) is 2.76. The van der Waals surface area contributed by atoms with Gasteiger partial charge in [0.05, 0.1) is 19.8 Å². The van der Waals surface area contributed by atoms with E-state index in [1.54, 1.807) is 7.11 Å². The van der Waals surface area contributed by atoms with Crippen LogP contribution in [0.4, 0.5) is 0 Å². The molecule has 3 rings (SSSR count). The van der Waals surface area contributed by atoms with Crippen LogP contribution in [0.3, 0.4) is 0 Å². The first-order valence-corrected chi connectivity index (χ1v) is 9.60. The molecule has 0 spiro atoms.